The van der Waals surface area contributed by atoms with Crippen molar-refractivity contribution in [3.8, 4) is 0 Å². The lowest BCUT2D eigenvalue weighted by Crippen LogP contribution is -2.59. The van der Waals surface area contributed by atoms with Crippen molar-refractivity contribution >= 4 is 34.8 Å². The number of amides is 6. The van der Waals surface area contributed by atoms with Crippen LogP contribution in [0, 0.1) is 6.92 Å². The monoisotopic (exact) mass is 522 g/mol. The molecule has 6 amide bonds. The molecule has 1 aromatic heterocycles. The number of likely N-dealkylation sites (tertiary alicyclic amines) is 2. The number of nitrogens with zero attached hydrogens (tertiary/aromatic N) is 4. The molecule has 12 heteroatoms. The standard InChI is InChI=1S/C26H34N8O4/c1-16-12-17-13-20(28-25(38)33-8-4-26(5-9-33)23(36)29-24(37)30-26)22(35)34(11-10-32-6-2-3-7-32)15-19(17)18-14-27-31-21(16)18/h12,14,20H,2-11,13,15H2,1H3,(H,27,31)(H,28,38)(H2,29,30,36,37)/t20-/m1/s1. The number of piperidine rings is 1. The van der Waals surface area contributed by atoms with Crippen LogP contribution in [0.3, 0.4) is 0 Å². The van der Waals surface area contributed by atoms with Crippen LogP contribution in [0.25, 0.3) is 10.9 Å². The van der Waals surface area contributed by atoms with E-state index in [1.54, 1.807) is 4.90 Å². The van der Waals surface area contributed by atoms with Gasteiger partial charge in [0, 0.05) is 44.5 Å². The number of fused-ring (bicyclic) bond motifs is 3. The van der Waals surface area contributed by atoms with Crippen LogP contribution in [0.4, 0.5) is 9.59 Å². The van der Waals surface area contributed by atoms with Gasteiger partial charge in [0.15, 0.2) is 0 Å². The summed E-state index contributed by atoms with van der Waals surface area (Å²) in [4.78, 5) is 57.0. The number of rotatable bonds is 4. The molecule has 12 nitrogen and oxygen atoms in total. The van der Waals surface area contributed by atoms with E-state index in [9.17, 15) is 19.2 Å². The van der Waals surface area contributed by atoms with E-state index in [2.05, 4.69) is 37.1 Å². The molecule has 3 fully saturated rings. The second-order valence-corrected chi connectivity index (χ2v) is 11.0. The fourth-order valence-corrected chi connectivity index (χ4v) is 6.36. The predicted octanol–water partition coefficient (Wildman–Crippen LogP) is 0.604. The van der Waals surface area contributed by atoms with E-state index in [0.717, 1.165) is 47.2 Å². The van der Waals surface area contributed by atoms with Crippen molar-refractivity contribution in [2.45, 2.75) is 57.2 Å². The van der Waals surface area contributed by atoms with Gasteiger partial charge in [0.1, 0.15) is 11.6 Å². The van der Waals surface area contributed by atoms with Crippen LogP contribution in [0.5, 0.6) is 0 Å². The highest BCUT2D eigenvalue weighted by atomic mass is 16.2. The molecule has 4 aliphatic rings. The molecule has 3 saturated heterocycles. The average molecular weight is 523 g/mol. The highest BCUT2D eigenvalue weighted by Crippen LogP contribution is 2.30. The molecule has 1 aromatic carbocycles. The van der Waals surface area contributed by atoms with Gasteiger partial charge in [0.05, 0.1) is 11.7 Å². The third-order valence-corrected chi connectivity index (χ3v) is 8.62. The first-order chi connectivity index (χ1) is 18.3. The fraction of sp³-hybridized carbons (Fsp3) is 0.577. The lowest BCUT2D eigenvalue weighted by atomic mass is 9.88. The molecule has 0 radical (unpaired) electrons. The van der Waals surface area contributed by atoms with Crippen molar-refractivity contribution in [2.24, 2.45) is 0 Å². The number of aryl methyl sites for hydroxylation is 1. The molecule has 4 N–H and O–H groups in total. The van der Waals surface area contributed by atoms with E-state index < -0.39 is 17.6 Å². The summed E-state index contributed by atoms with van der Waals surface area (Å²) in [6, 6.07) is 0.577. The number of carbonyl (C=O) groups is 4. The zero-order valence-electron chi connectivity index (χ0n) is 21.6. The minimum atomic E-state index is -0.954. The molecule has 1 atom stereocenters. The van der Waals surface area contributed by atoms with Gasteiger partial charge >= 0.3 is 12.1 Å². The average Bonchev–Trinajstić information content (AvgIpc) is 3.63. The van der Waals surface area contributed by atoms with E-state index >= 15 is 0 Å². The smallest absolute Gasteiger partial charge is 0.322 e. The van der Waals surface area contributed by atoms with Crippen LogP contribution < -0.4 is 16.0 Å². The molecule has 0 saturated carbocycles. The molecule has 4 aliphatic heterocycles. The molecule has 5 heterocycles. The summed E-state index contributed by atoms with van der Waals surface area (Å²) in [6.45, 7) is 6.63. The molecular weight excluding hydrogens is 488 g/mol. The Morgan fingerprint density at radius 1 is 1.13 bits per heavy atom. The van der Waals surface area contributed by atoms with E-state index in [-0.39, 0.29) is 17.8 Å². The summed E-state index contributed by atoms with van der Waals surface area (Å²) >= 11 is 0. The molecule has 2 aromatic rings. The summed E-state index contributed by atoms with van der Waals surface area (Å²) in [5, 5.41) is 16.4. The molecule has 38 heavy (non-hydrogen) atoms. The third kappa shape index (κ3) is 4.36. The normalized spacial score (nSPS) is 23.5. The Labute approximate surface area is 220 Å². The quantitative estimate of drug-likeness (QED) is 0.433. The topological polar surface area (TPSA) is 143 Å². The van der Waals surface area contributed by atoms with Crippen LogP contribution in [-0.2, 0) is 22.6 Å². The first-order valence-corrected chi connectivity index (χ1v) is 13.5. The van der Waals surface area contributed by atoms with Gasteiger partial charge in [-0.3, -0.25) is 20.0 Å². The van der Waals surface area contributed by atoms with Gasteiger partial charge in [-0.2, -0.15) is 5.10 Å². The maximum absolute atomic E-state index is 13.8. The molecule has 6 rings (SSSR count). The maximum Gasteiger partial charge on any atom is 0.322 e. The minimum absolute atomic E-state index is 0.0843. The van der Waals surface area contributed by atoms with Crippen molar-refractivity contribution in [3.05, 3.63) is 29.0 Å². The van der Waals surface area contributed by atoms with Gasteiger partial charge in [-0.1, -0.05) is 6.07 Å². The number of hydrogen-bond donors (Lipinski definition) is 4. The Hall–Kier alpha value is -3.67. The van der Waals surface area contributed by atoms with Crippen LogP contribution in [-0.4, -0.2) is 99.6 Å². The maximum atomic E-state index is 13.8. The fourth-order valence-electron chi connectivity index (χ4n) is 6.36. The Bertz CT molecular complexity index is 1290. The van der Waals surface area contributed by atoms with Crippen LogP contribution in [0.1, 0.15) is 42.4 Å². The van der Waals surface area contributed by atoms with Crippen LogP contribution in [0.2, 0.25) is 0 Å². The SMILES string of the molecule is Cc1cc2c(c3cn[nH]c13)CN(CCN1CCCC1)C(=O)[C@H](NC(=O)N1CCC3(CC1)NC(=O)NC3=O)C2. The number of benzene rings is 1. The Kier molecular flexibility index (Phi) is 6.21. The highest BCUT2D eigenvalue weighted by molar-refractivity contribution is 6.07. The zero-order chi connectivity index (χ0) is 26.4. The van der Waals surface area contributed by atoms with Gasteiger partial charge in [0.25, 0.3) is 5.91 Å². The van der Waals surface area contributed by atoms with Crippen molar-refractivity contribution < 1.29 is 19.2 Å². The lowest BCUT2D eigenvalue weighted by molar-refractivity contribution is -0.133. The van der Waals surface area contributed by atoms with Crippen molar-refractivity contribution in [3.63, 3.8) is 0 Å². The number of imide groups is 1. The number of H-pyrrole nitrogens is 1. The third-order valence-electron chi connectivity index (χ3n) is 8.62. The number of aromatic nitrogens is 2. The largest absolute Gasteiger partial charge is 0.335 e. The lowest BCUT2D eigenvalue weighted by Gasteiger charge is -2.37. The van der Waals surface area contributed by atoms with E-state index in [1.807, 2.05) is 18.0 Å². The molecular formula is C26H34N8O4. The Morgan fingerprint density at radius 2 is 1.89 bits per heavy atom. The van der Waals surface area contributed by atoms with E-state index in [0.29, 0.717) is 45.4 Å². The number of hydrogen-bond acceptors (Lipinski definition) is 6. The van der Waals surface area contributed by atoms with Gasteiger partial charge in [-0.25, -0.2) is 9.59 Å². The number of aromatic amines is 1. The molecule has 0 aliphatic carbocycles. The number of nitrogens with one attached hydrogen (secondary N) is 4. The summed E-state index contributed by atoms with van der Waals surface area (Å²) in [5.74, 6) is -0.424. The summed E-state index contributed by atoms with van der Waals surface area (Å²) in [7, 11) is 0. The van der Waals surface area contributed by atoms with Crippen molar-refractivity contribution in [1.82, 2.24) is 40.8 Å². The number of urea groups is 2. The second-order valence-electron chi connectivity index (χ2n) is 11.0. The summed E-state index contributed by atoms with van der Waals surface area (Å²) in [6.07, 6.45) is 5.26. The number of carbonyl (C=O) groups excluding carboxylic acids is 4. The summed E-state index contributed by atoms with van der Waals surface area (Å²) < 4.78 is 0. The van der Waals surface area contributed by atoms with Crippen molar-refractivity contribution in [2.75, 3.05) is 39.3 Å². The molecule has 1 spiro atoms. The van der Waals surface area contributed by atoms with Gasteiger partial charge in [-0.15, -0.1) is 0 Å². The second kappa shape index (κ2) is 9.57. The first kappa shape index (κ1) is 24.7. The van der Waals surface area contributed by atoms with E-state index in [1.165, 1.54) is 12.8 Å². The van der Waals surface area contributed by atoms with E-state index in [4.69, 9.17) is 0 Å². The van der Waals surface area contributed by atoms with Gasteiger partial charge in [0.2, 0.25) is 5.91 Å². The highest BCUT2D eigenvalue weighted by Gasteiger charge is 2.48. The summed E-state index contributed by atoms with van der Waals surface area (Å²) in [5.41, 5.74) is 3.20. The molecule has 0 bridgehead atoms. The van der Waals surface area contributed by atoms with Crippen LogP contribution in [0.15, 0.2) is 12.3 Å². The van der Waals surface area contributed by atoms with Crippen molar-refractivity contribution in [1.29, 1.82) is 0 Å². The Morgan fingerprint density at radius 3 is 2.61 bits per heavy atom. The molecule has 202 valence electrons. The van der Waals surface area contributed by atoms with Gasteiger partial charge < -0.3 is 25.3 Å². The minimum Gasteiger partial charge on any atom is -0.335 e. The molecule has 0 unspecified atom stereocenters. The Balaban J connectivity index is 1.21. The van der Waals surface area contributed by atoms with Gasteiger partial charge in [-0.05, 0) is 62.4 Å². The predicted molar refractivity (Wildman–Crippen MR) is 138 cm³/mol. The zero-order valence-corrected chi connectivity index (χ0v) is 21.6. The van der Waals surface area contributed by atoms with Crippen LogP contribution >= 0.6 is 0 Å². The first-order valence-electron chi connectivity index (χ1n) is 13.5.